The van der Waals surface area contributed by atoms with Crippen LogP contribution in [0.3, 0.4) is 0 Å². The highest BCUT2D eigenvalue weighted by atomic mass is 16.6. The molecule has 5 heteroatoms. The van der Waals surface area contributed by atoms with E-state index in [1.165, 1.54) is 32.4 Å². The predicted molar refractivity (Wildman–Crippen MR) is 52.6 cm³/mol. The van der Waals surface area contributed by atoms with Gasteiger partial charge in [0.05, 0.1) is 12.5 Å². The normalized spacial score (nSPS) is 11.9. The van der Waals surface area contributed by atoms with Crippen molar-refractivity contribution in [3.8, 4) is 0 Å². The highest BCUT2D eigenvalue weighted by molar-refractivity contribution is 5.67. The number of rotatable bonds is 6. The van der Waals surface area contributed by atoms with Crippen LogP contribution in [0.2, 0.25) is 0 Å². The molecule has 0 saturated heterocycles. The van der Waals surface area contributed by atoms with E-state index in [2.05, 4.69) is 11.3 Å². The summed E-state index contributed by atoms with van der Waals surface area (Å²) in [6.07, 6.45) is 3.31. The van der Waals surface area contributed by atoms with E-state index in [1.54, 1.807) is 0 Å². The summed E-state index contributed by atoms with van der Waals surface area (Å²) in [7, 11) is 0. The van der Waals surface area contributed by atoms with Crippen LogP contribution in [-0.2, 0) is 23.8 Å². The zero-order chi connectivity index (χ0) is 11.7. The number of hydrogen-bond donors (Lipinski definition) is 0. The average molecular weight is 214 g/mol. The van der Waals surface area contributed by atoms with Crippen molar-refractivity contribution in [3.05, 3.63) is 25.2 Å². The van der Waals surface area contributed by atoms with Crippen LogP contribution in [0.1, 0.15) is 13.8 Å². The van der Waals surface area contributed by atoms with Gasteiger partial charge in [-0.05, 0) is 6.08 Å². The van der Waals surface area contributed by atoms with Gasteiger partial charge >= 0.3 is 11.9 Å². The lowest BCUT2D eigenvalue weighted by Crippen LogP contribution is -2.21. The summed E-state index contributed by atoms with van der Waals surface area (Å²) in [5.41, 5.74) is 0. The zero-order valence-electron chi connectivity index (χ0n) is 8.76. The molecule has 0 rings (SSSR count). The first-order valence-corrected chi connectivity index (χ1v) is 4.30. The maximum atomic E-state index is 10.7. The molecule has 1 unspecified atom stereocenters. The molecule has 5 nitrogen and oxygen atoms in total. The van der Waals surface area contributed by atoms with Crippen LogP contribution in [0.25, 0.3) is 0 Å². The smallest absolute Gasteiger partial charge is 0.303 e. The average Bonchev–Trinajstić information content (AvgIpc) is 2.13. The molecular weight excluding hydrogens is 200 g/mol. The summed E-state index contributed by atoms with van der Waals surface area (Å²) < 4.78 is 14.2. The van der Waals surface area contributed by atoms with Gasteiger partial charge in [0.1, 0.15) is 6.61 Å². The third kappa shape index (κ3) is 8.55. The van der Waals surface area contributed by atoms with Crippen molar-refractivity contribution in [2.45, 2.75) is 20.0 Å². The predicted octanol–water partition coefficient (Wildman–Crippen LogP) is 1.16. The fourth-order valence-corrected chi connectivity index (χ4v) is 0.730. The molecule has 0 amide bonds. The lowest BCUT2D eigenvalue weighted by Gasteiger charge is -2.12. The molecule has 84 valence electrons. The van der Waals surface area contributed by atoms with Gasteiger partial charge in [-0.1, -0.05) is 6.58 Å². The molecule has 0 bridgehead atoms. The maximum absolute atomic E-state index is 10.7. The van der Waals surface area contributed by atoms with Crippen molar-refractivity contribution in [1.29, 1.82) is 0 Å². The van der Waals surface area contributed by atoms with Gasteiger partial charge in [-0.25, -0.2) is 0 Å². The van der Waals surface area contributed by atoms with E-state index in [0.29, 0.717) is 0 Å². The van der Waals surface area contributed by atoms with Gasteiger partial charge in [-0.3, -0.25) is 9.59 Å². The summed E-state index contributed by atoms with van der Waals surface area (Å²) in [6, 6.07) is 0. The van der Waals surface area contributed by atoms with Crippen LogP contribution in [0.5, 0.6) is 0 Å². The number of ether oxygens (including phenoxy) is 3. The Balaban J connectivity index is 4.10. The van der Waals surface area contributed by atoms with Crippen LogP contribution in [-0.4, -0.2) is 24.6 Å². The summed E-state index contributed by atoms with van der Waals surface area (Å²) in [5, 5.41) is 0. The molecule has 0 aliphatic heterocycles. The van der Waals surface area contributed by atoms with Crippen LogP contribution in [0, 0.1) is 0 Å². The lowest BCUT2D eigenvalue weighted by atomic mass is 10.3. The molecule has 0 radical (unpaired) electrons. The lowest BCUT2D eigenvalue weighted by molar-refractivity contribution is -0.153. The van der Waals surface area contributed by atoms with Gasteiger partial charge in [-0.15, -0.1) is 0 Å². The van der Waals surface area contributed by atoms with Gasteiger partial charge in [-0.2, -0.15) is 0 Å². The Kier molecular flexibility index (Phi) is 6.70. The second-order valence-electron chi connectivity index (χ2n) is 2.58. The highest BCUT2D eigenvalue weighted by Gasteiger charge is 2.09. The summed E-state index contributed by atoms with van der Waals surface area (Å²) in [6.45, 7) is 5.83. The summed E-state index contributed by atoms with van der Waals surface area (Å²) >= 11 is 0. The number of esters is 2. The molecule has 0 heterocycles. The first-order valence-electron chi connectivity index (χ1n) is 4.30. The highest BCUT2D eigenvalue weighted by Crippen LogP contribution is 1.98. The molecular formula is C10H14O5. The second kappa shape index (κ2) is 7.61. The minimum absolute atomic E-state index is 0.0358. The van der Waals surface area contributed by atoms with Crippen molar-refractivity contribution in [3.63, 3.8) is 0 Å². The second-order valence-corrected chi connectivity index (χ2v) is 2.58. The van der Waals surface area contributed by atoms with Crippen LogP contribution in [0.15, 0.2) is 25.2 Å². The topological polar surface area (TPSA) is 61.8 Å². The first-order chi connectivity index (χ1) is 7.06. The Morgan fingerprint density at radius 2 is 2.00 bits per heavy atom. The molecule has 0 spiro atoms. The third-order valence-corrected chi connectivity index (χ3v) is 1.24. The summed E-state index contributed by atoms with van der Waals surface area (Å²) in [4.78, 5) is 21.2. The van der Waals surface area contributed by atoms with Gasteiger partial charge < -0.3 is 14.2 Å². The van der Waals surface area contributed by atoms with Gasteiger partial charge in [0, 0.05) is 13.8 Å². The van der Waals surface area contributed by atoms with Crippen molar-refractivity contribution in [2.75, 3.05) is 6.61 Å². The van der Waals surface area contributed by atoms with E-state index in [1.807, 2.05) is 0 Å². The van der Waals surface area contributed by atoms with E-state index < -0.39 is 18.0 Å². The van der Waals surface area contributed by atoms with E-state index in [9.17, 15) is 9.59 Å². The van der Waals surface area contributed by atoms with Crippen molar-refractivity contribution < 1.29 is 23.8 Å². The fraction of sp³-hybridized carbons (Fsp3) is 0.400. The largest absolute Gasteiger partial charge is 0.473 e. The first kappa shape index (κ1) is 13.2. The zero-order valence-corrected chi connectivity index (χ0v) is 8.76. The van der Waals surface area contributed by atoms with E-state index >= 15 is 0 Å². The van der Waals surface area contributed by atoms with Crippen LogP contribution >= 0.6 is 0 Å². The Bertz CT molecular complexity index is 257. The standard InChI is InChI=1S/C10H14O5/c1-4-13-6-5-10(15-9(3)12)7-14-8(2)11/h4-6,10H,1,7H2,2-3H3. The molecule has 15 heavy (non-hydrogen) atoms. The maximum Gasteiger partial charge on any atom is 0.303 e. The minimum Gasteiger partial charge on any atom is -0.473 e. The molecule has 0 aromatic heterocycles. The van der Waals surface area contributed by atoms with Crippen LogP contribution in [0.4, 0.5) is 0 Å². The molecule has 0 N–H and O–H groups in total. The van der Waals surface area contributed by atoms with Crippen LogP contribution < -0.4 is 0 Å². The monoisotopic (exact) mass is 214 g/mol. The molecule has 0 aliphatic rings. The van der Waals surface area contributed by atoms with E-state index in [0.717, 1.165) is 0 Å². The van der Waals surface area contributed by atoms with Gasteiger partial charge in [0.15, 0.2) is 6.10 Å². The Labute approximate surface area is 88.3 Å². The molecule has 0 aromatic rings. The van der Waals surface area contributed by atoms with E-state index in [4.69, 9.17) is 9.47 Å². The van der Waals surface area contributed by atoms with Crippen molar-refractivity contribution in [2.24, 2.45) is 0 Å². The number of carbonyl (C=O) groups excluding carboxylic acids is 2. The molecule has 0 aliphatic carbocycles. The van der Waals surface area contributed by atoms with E-state index in [-0.39, 0.29) is 6.61 Å². The van der Waals surface area contributed by atoms with Gasteiger partial charge in [0.25, 0.3) is 0 Å². The van der Waals surface area contributed by atoms with Crippen molar-refractivity contribution in [1.82, 2.24) is 0 Å². The summed E-state index contributed by atoms with van der Waals surface area (Å²) in [5.74, 6) is -0.902. The quantitative estimate of drug-likeness (QED) is 0.490. The molecule has 0 aromatic carbocycles. The SMILES string of the molecule is C=COC=CC(COC(C)=O)OC(C)=O. The Morgan fingerprint density at radius 3 is 2.47 bits per heavy atom. The third-order valence-electron chi connectivity index (χ3n) is 1.24. The fourth-order valence-electron chi connectivity index (χ4n) is 0.730. The molecule has 1 atom stereocenters. The number of carbonyl (C=O) groups is 2. The van der Waals surface area contributed by atoms with Gasteiger partial charge in [0.2, 0.25) is 0 Å². The Hall–Kier alpha value is -1.78. The van der Waals surface area contributed by atoms with Crippen molar-refractivity contribution >= 4 is 11.9 Å². The minimum atomic E-state index is -0.647. The molecule has 0 fully saturated rings. The number of hydrogen-bond acceptors (Lipinski definition) is 5. The molecule has 0 saturated carbocycles. The Morgan fingerprint density at radius 1 is 1.33 bits per heavy atom.